The summed E-state index contributed by atoms with van der Waals surface area (Å²) in [6, 6.07) is 4.50. The Kier molecular flexibility index (Phi) is 5.36. The van der Waals surface area contributed by atoms with Crippen molar-refractivity contribution in [1.29, 1.82) is 0 Å². The van der Waals surface area contributed by atoms with Gasteiger partial charge in [0.05, 0.1) is 23.8 Å². The van der Waals surface area contributed by atoms with Crippen LogP contribution in [0.15, 0.2) is 18.2 Å². The van der Waals surface area contributed by atoms with Gasteiger partial charge in [-0.05, 0) is 19.9 Å². The summed E-state index contributed by atoms with van der Waals surface area (Å²) in [5.74, 6) is -0.254. The fraction of sp³-hybridized carbons (Fsp3) is 0.353. The summed E-state index contributed by atoms with van der Waals surface area (Å²) in [5, 5.41) is 14.1. The minimum Gasteiger partial charge on any atom is -0.450 e. The summed E-state index contributed by atoms with van der Waals surface area (Å²) in [4.78, 5) is 41.9. The second-order valence-corrected chi connectivity index (χ2v) is 7.00. The number of hydrogen-bond donors (Lipinski definition) is 1. The molecule has 0 atom stereocenters. The number of carbonyl (C=O) groups is 2. The van der Waals surface area contributed by atoms with Crippen molar-refractivity contribution in [2.24, 2.45) is 0 Å². The molecule has 1 aliphatic heterocycles. The van der Waals surface area contributed by atoms with Gasteiger partial charge in [-0.3, -0.25) is 20.2 Å². The lowest BCUT2D eigenvalue weighted by molar-refractivity contribution is -0.385. The Bertz CT molecular complexity index is 911. The number of nitrogens with one attached hydrogen (secondary N) is 1. The molecule has 0 saturated heterocycles. The van der Waals surface area contributed by atoms with Crippen molar-refractivity contribution >= 4 is 34.2 Å². The zero-order valence-corrected chi connectivity index (χ0v) is 15.7. The van der Waals surface area contributed by atoms with Gasteiger partial charge in [-0.25, -0.2) is 9.78 Å². The van der Waals surface area contributed by atoms with Gasteiger partial charge in [-0.15, -0.1) is 0 Å². The number of anilines is 1. The van der Waals surface area contributed by atoms with Gasteiger partial charge in [0.15, 0.2) is 5.13 Å². The van der Waals surface area contributed by atoms with Gasteiger partial charge in [0.25, 0.3) is 11.6 Å². The van der Waals surface area contributed by atoms with Gasteiger partial charge in [0.1, 0.15) is 0 Å². The Labute approximate surface area is 159 Å². The smallest absolute Gasteiger partial charge is 0.413 e. The highest BCUT2D eigenvalue weighted by Gasteiger charge is 2.27. The molecule has 0 aliphatic carbocycles. The average Bonchev–Trinajstić information content (AvgIpc) is 3.02. The monoisotopic (exact) mass is 390 g/mol. The number of carbonyl (C=O) groups excluding carboxylic acids is 2. The van der Waals surface area contributed by atoms with Crippen LogP contribution in [0.3, 0.4) is 0 Å². The molecule has 0 bridgehead atoms. The molecule has 27 heavy (non-hydrogen) atoms. The van der Waals surface area contributed by atoms with Gasteiger partial charge < -0.3 is 9.64 Å². The predicted molar refractivity (Wildman–Crippen MR) is 99.0 cm³/mol. The first kappa shape index (κ1) is 18.8. The highest BCUT2D eigenvalue weighted by molar-refractivity contribution is 7.15. The molecule has 0 unspecified atom stereocenters. The van der Waals surface area contributed by atoms with Crippen molar-refractivity contribution in [3.8, 4) is 0 Å². The molecule has 2 heterocycles. The van der Waals surface area contributed by atoms with Crippen LogP contribution in [0.1, 0.15) is 33.4 Å². The number of nitro groups is 1. The average molecular weight is 390 g/mol. The summed E-state index contributed by atoms with van der Waals surface area (Å²) < 4.78 is 4.84. The van der Waals surface area contributed by atoms with Crippen molar-refractivity contribution in [2.45, 2.75) is 26.8 Å². The molecular formula is C17H18N4O5S. The van der Waals surface area contributed by atoms with Crippen molar-refractivity contribution in [3.63, 3.8) is 0 Å². The van der Waals surface area contributed by atoms with Crippen LogP contribution in [0.4, 0.5) is 15.6 Å². The minimum absolute atomic E-state index is 0.0720. The van der Waals surface area contributed by atoms with E-state index in [2.05, 4.69) is 10.3 Å². The van der Waals surface area contributed by atoms with Gasteiger partial charge >= 0.3 is 6.09 Å². The largest absolute Gasteiger partial charge is 0.450 e. The van der Waals surface area contributed by atoms with Crippen molar-refractivity contribution in [1.82, 2.24) is 9.88 Å². The maximum atomic E-state index is 12.9. The predicted octanol–water partition coefficient (Wildman–Crippen LogP) is 3.13. The van der Waals surface area contributed by atoms with Gasteiger partial charge in [-0.2, -0.15) is 0 Å². The zero-order chi connectivity index (χ0) is 19.6. The van der Waals surface area contributed by atoms with Gasteiger partial charge in [0.2, 0.25) is 0 Å². The fourth-order valence-electron chi connectivity index (χ4n) is 2.90. The van der Waals surface area contributed by atoms with Crippen LogP contribution in [0.2, 0.25) is 0 Å². The highest BCUT2D eigenvalue weighted by atomic mass is 32.1. The summed E-state index contributed by atoms with van der Waals surface area (Å²) >= 11 is 1.29. The molecular weight excluding hydrogens is 372 g/mol. The molecule has 1 N–H and O–H groups in total. The standard InChI is InChI=1S/C17H18N4O5S/c1-3-26-17(23)19-16-18-12-7-8-20(9-14(12)27-16)15(22)11-5-4-6-13(10(11)2)21(24)25/h4-6H,3,7-9H2,1-2H3,(H,18,19,23). The lowest BCUT2D eigenvalue weighted by atomic mass is 10.0. The lowest BCUT2D eigenvalue weighted by Crippen LogP contribution is -2.35. The number of rotatable bonds is 4. The van der Waals surface area contributed by atoms with Gasteiger partial charge in [0, 0.05) is 35.0 Å². The molecule has 1 aromatic heterocycles. The molecule has 0 fully saturated rings. The third-order valence-corrected chi connectivity index (χ3v) is 5.23. The third kappa shape index (κ3) is 3.90. The van der Waals surface area contributed by atoms with Crippen molar-refractivity contribution in [3.05, 3.63) is 50.0 Å². The van der Waals surface area contributed by atoms with E-state index in [0.717, 1.165) is 10.6 Å². The maximum Gasteiger partial charge on any atom is 0.413 e. The first-order chi connectivity index (χ1) is 12.9. The van der Waals surface area contributed by atoms with Crippen LogP contribution in [0.25, 0.3) is 0 Å². The number of nitrogens with zero attached hydrogens (tertiary/aromatic N) is 3. The van der Waals surface area contributed by atoms with E-state index in [9.17, 15) is 19.7 Å². The molecule has 10 heteroatoms. The Morgan fingerprint density at radius 1 is 1.44 bits per heavy atom. The lowest BCUT2D eigenvalue weighted by Gasteiger charge is -2.26. The van der Waals surface area contributed by atoms with E-state index >= 15 is 0 Å². The summed E-state index contributed by atoms with van der Waals surface area (Å²) in [5.41, 5.74) is 1.44. The van der Waals surface area contributed by atoms with Crippen LogP contribution >= 0.6 is 11.3 Å². The normalized spacial score (nSPS) is 13.0. The van der Waals surface area contributed by atoms with Crippen molar-refractivity contribution in [2.75, 3.05) is 18.5 Å². The van der Waals surface area contributed by atoms with Crippen LogP contribution in [0, 0.1) is 17.0 Å². The first-order valence-electron chi connectivity index (χ1n) is 8.36. The van der Waals surface area contributed by atoms with E-state index in [0.29, 0.717) is 35.8 Å². The van der Waals surface area contributed by atoms with E-state index < -0.39 is 11.0 Å². The summed E-state index contributed by atoms with van der Waals surface area (Å²) in [7, 11) is 0. The molecule has 2 amide bonds. The molecule has 1 aliphatic rings. The number of thiazole rings is 1. The molecule has 3 rings (SSSR count). The van der Waals surface area contributed by atoms with Crippen LogP contribution in [-0.4, -0.2) is 40.0 Å². The molecule has 0 spiro atoms. The Balaban J connectivity index is 1.77. The fourth-order valence-corrected chi connectivity index (χ4v) is 3.91. The van der Waals surface area contributed by atoms with Crippen LogP contribution < -0.4 is 5.32 Å². The number of ether oxygens (including phenoxy) is 1. The Morgan fingerprint density at radius 2 is 2.22 bits per heavy atom. The minimum atomic E-state index is -0.566. The number of amides is 2. The molecule has 1 aromatic carbocycles. The maximum absolute atomic E-state index is 12.9. The molecule has 0 saturated carbocycles. The number of nitro benzene ring substituents is 1. The molecule has 9 nitrogen and oxygen atoms in total. The quantitative estimate of drug-likeness (QED) is 0.633. The van der Waals surface area contributed by atoms with E-state index in [1.807, 2.05) is 0 Å². The van der Waals surface area contributed by atoms with E-state index in [1.54, 1.807) is 24.8 Å². The highest BCUT2D eigenvalue weighted by Crippen LogP contribution is 2.30. The number of hydrogen-bond acceptors (Lipinski definition) is 7. The number of benzene rings is 1. The first-order valence-corrected chi connectivity index (χ1v) is 9.18. The second-order valence-electron chi connectivity index (χ2n) is 5.92. The van der Waals surface area contributed by atoms with E-state index in [4.69, 9.17) is 4.74 Å². The van der Waals surface area contributed by atoms with E-state index in [-0.39, 0.29) is 18.2 Å². The number of aromatic nitrogens is 1. The summed E-state index contributed by atoms with van der Waals surface area (Å²) in [6.45, 7) is 4.36. The Morgan fingerprint density at radius 3 is 2.93 bits per heavy atom. The topological polar surface area (TPSA) is 115 Å². The molecule has 142 valence electrons. The SMILES string of the molecule is CCOC(=O)Nc1nc2c(s1)CN(C(=O)c1cccc([N+](=O)[O-])c1C)CC2. The number of fused-ring (bicyclic) bond motifs is 1. The third-order valence-electron chi connectivity index (χ3n) is 4.24. The van der Waals surface area contributed by atoms with Crippen molar-refractivity contribution < 1.29 is 19.2 Å². The molecule has 0 radical (unpaired) electrons. The molecule has 2 aromatic rings. The Hall–Kier alpha value is -3.01. The van der Waals surface area contributed by atoms with Gasteiger partial charge in [-0.1, -0.05) is 17.4 Å². The van der Waals surface area contributed by atoms with Crippen LogP contribution in [0.5, 0.6) is 0 Å². The van der Waals surface area contributed by atoms with Crippen LogP contribution in [-0.2, 0) is 17.7 Å². The zero-order valence-electron chi connectivity index (χ0n) is 14.9. The second kappa shape index (κ2) is 7.70. The van der Waals surface area contributed by atoms with E-state index in [1.165, 1.54) is 23.5 Å². The summed E-state index contributed by atoms with van der Waals surface area (Å²) in [6.07, 6.45) is -0.0143.